The van der Waals surface area contributed by atoms with Gasteiger partial charge in [-0.2, -0.15) is 4.98 Å². The number of halogens is 1. The van der Waals surface area contributed by atoms with Gasteiger partial charge in [0.05, 0.1) is 18.7 Å². The van der Waals surface area contributed by atoms with Gasteiger partial charge in [-0.25, -0.2) is 0 Å². The first kappa shape index (κ1) is 17.7. The summed E-state index contributed by atoms with van der Waals surface area (Å²) in [4.78, 5) is 18.9. The Morgan fingerprint density at radius 3 is 2.89 bits per heavy atom. The third-order valence-corrected chi connectivity index (χ3v) is 5.12. The average Bonchev–Trinajstić information content (AvgIpc) is 3.28. The smallest absolute Gasteiger partial charge is 0.232 e. The van der Waals surface area contributed by atoms with Crippen LogP contribution in [-0.2, 0) is 4.79 Å². The van der Waals surface area contributed by atoms with Crippen LogP contribution in [0.4, 0.5) is 5.69 Å². The van der Waals surface area contributed by atoms with Crippen molar-refractivity contribution < 1.29 is 14.1 Å². The lowest BCUT2D eigenvalue weighted by molar-refractivity contribution is -0.117. The molecule has 1 fully saturated rings. The van der Waals surface area contributed by atoms with Crippen molar-refractivity contribution in [3.8, 4) is 17.1 Å². The molecule has 0 saturated carbocycles. The molecule has 0 radical (unpaired) electrons. The Morgan fingerprint density at radius 1 is 1.26 bits per heavy atom. The van der Waals surface area contributed by atoms with Crippen molar-refractivity contribution in [2.45, 2.75) is 19.3 Å². The molecule has 1 aliphatic heterocycles. The number of hydrogen-bond acceptors (Lipinski definition) is 5. The highest BCUT2D eigenvalue weighted by Crippen LogP contribution is 2.37. The minimum atomic E-state index is -0.142. The summed E-state index contributed by atoms with van der Waals surface area (Å²) in [5.41, 5.74) is 2.70. The molecule has 3 aromatic rings. The number of methoxy groups -OCH3 is 1. The van der Waals surface area contributed by atoms with Crippen molar-refractivity contribution in [3.63, 3.8) is 0 Å². The SMILES string of the molecule is COc1ccc(C)cc1N1CC(c2nc(-c3cccc(Br)c3)no2)CC1=O. The summed E-state index contributed by atoms with van der Waals surface area (Å²) in [6, 6.07) is 13.5. The minimum absolute atomic E-state index is 0.0195. The molecule has 7 heteroatoms. The molecule has 0 aliphatic carbocycles. The molecule has 1 atom stereocenters. The number of rotatable bonds is 4. The van der Waals surface area contributed by atoms with Crippen LogP contribution in [0.25, 0.3) is 11.4 Å². The first-order chi connectivity index (χ1) is 13.0. The van der Waals surface area contributed by atoms with Crippen molar-refractivity contribution in [2.24, 2.45) is 0 Å². The maximum atomic E-state index is 12.6. The molecule has 27 heavy (non-hydrogen) atoms. The first-order valence-corrected chi connectivity index (χ1v) is 9.39. The second-order valence-electron chi connectivity index (χ2n) is 6.55. The summed E-state index contributed by atoms with van der Waals surface area (Å²) in [5, 5.41) is 4.08. The number of aryl methyl sites for hydroxylation is 1. The van der Waals surface area contributed by atoms with E-state index in [4.69, 9.17) is 9.26 Å². The van der Waals surface area contributed by atoms with Crippen LogP contribution < -0.4 is 9.64 Å². The van der Waals surface area contributed by atoms with Crippen LogP contribution in [0.2, 0.25) is 0 Å². The predicted octanol–water partition coefficient (Wildman–Crippen LogP) is 4.34. The van der Waals surface area contributed by atoms with Crippen LogP contribution in [0.5, 0.6) is 5.75 Å². The van der Waals surface area contributed by atoms with E-state index in [1.807, 2.05) is 49.4 Å². The summed E-state index contributed by atoms with van der Waals surface area (Å²) in [7, 11) is 1.61. The number of hydrogen-bond donors (Lipinski definition) is 0. The van der Waals surface area contributed by atoms with Gasteiger partial charge >= 0.3 is 0 Å². The number of ether oxygens (including phenoxy) is 1. The van der Waals surface area contributed by atoms with Gasteiger partial charge in [-0.15, -0.1) is 0 Å². The monoisotopic (exact) mass is 427 g/mol. The number of carbonyl (C=O) groups excluding carboxylic acids is 1. The Morgan fingerprint density at radius 2 is 2.11 bits per heavy atom. The Bertz CT molecular complexity index is 1000. The third kappa shape index (κ3) is 3.47. The highest BCUT2D eigenvalue weighted by atomic mass is 79.9. The van der Waals surface area contributed by atoms with Gasteiger partial charge in [0.1, 0.15) is 5.75 Å². The molecule has 1 aromatic heterocycles. The molecule has 2 aromatic carbocycles. The molecule has 1 aliphatic rings. The van der Waals surface area contributed by atoms with E-state index in [1.165, 1.54) is 0 Å². The summed E-state index contributed by atoms with van der Waals surface area (Å²) < 4.78 is 11.8. The zero-order valence-corrected chi connectivity index (χ0v) is 16.6. The second kappa shape index (κ2) is 7.15. The van der Waals surface area contributed by atoms with Crippen LogP contribution in [0.3, 0.4) is 0 Å². The number of anilines is 1. The first-order valence-electron chi connectivity index (χ1n) is 8.59. The van der Waals surface area contributed by atoms with Crippen molar-refractivity contribution >= 4 is 27.5 Å². The van der Waals surface area contributed by atoms with Crippen LogP contribution in [0.1, 0.15) is 23.8 Å². The van der Waals surface area contributed by atoms with Crippen molar-refractivity contribution in [1.29, 1.82) is 0 Å². The fraction of sp³-hybridized carbons (Fsp3) is 0.250. The summed E-state index contributed by atoms with van der Waals surface area (Å²) in [6.45, 7) is 2.47. The Labute approximate surface area is 165 Å². The fourth-order valence-electron chi connectivity index (χ4n) is 3.26. The summed E-state index contributed by atoms with van der Waals surface area (Å²) >= 11 is 3.44. The number of amides is 1. The van der Waals surface area contributed by atoms with E-state index in [0.29, 0.717) is 30.4 Å². The topological polar surface area (TPSA) is 68.5 Å². The van der Waals surface area contributed by atoms with E-state index in [2.05, 4.69) is 26.1 Å². The van der Waals surface area contributed by atoms with Gasteiger partial charge in [-0.1, -0.05) is 39.3 Å². The van der Waals surface area contributed by atoms with Crippen LogP contribution in [-0.4, -0.2) is 29.7 Å². The molecule has 1 amide bonds. The van der Waals surface area contributed by atoms with E-state index in [-0.39, 0.29) is 11.8 Å². The molecule has 1 unspecified atom stereocenters. The van der Waals surface area contributed by atoms with E-state index in [0.717, 1.165) is 21.3 Å². The highest BCUT2D eigenvalue weighted by Gasteiger charge is 2.36. The van der Waals surface area contributed by atoms with Gasteiger partial charge < -0.3 is 14.2 Å². The zero-order valence-electron chi connectivity index (χ0n) is 15.0. The van der Waals surface area contributed by atoms with Gasteiger partial charge in [0, 0.05) is 23.0 Å². The van der Waals surface area contributed by atoms with Gasteiger partial charge in [0.25, 0.3) is 0 Å². The molecule has 1 saturated heterocycles. The van der Waals surface area contributed by atoms with E-state index in [9.17, 15) is 4.79 Å². The quantitative estimate of drug-likeness (QED) is 0.619. The van der Waals surface area contributed by atoms with Crippen molar-refractivity contribution in [3.05, 3.63) is 58.4 Å². The summed E-state index contributed by atoms with van der Waals surface area (Å²) in [6.07, 6.45) is 0.331. The molecule has 6 nitrogen and oxygen atoms in total. The lowest BCUT2D eigenvalue weighted by Crippen LogP contribution is -2.25. The lowest BCUT2D eigenvalue weighted by Gasteiger charge is -2.19. The second-order valence-corrected chi connectivity index (χ2v) is 7.46. The molecule has 2 heterocycles. The molecule has 4 rings (SSSR count). The number of aromatic nitrogens is 2. The number of benzene rings is 2. The number of nitrogens with zero attached hydrogens (tertiary/aromatic N) is 3. The zero-order chi connectivity index (χ0) is 19.0. The van der Waals surface area contributed by atoms with Gasteiger partial charge in [0.2, 0.25) is 17.6 Å². The Hall–Kier alpha value is -2.67. The van der Waals surface area contributed by atoms with E-state index in [1.54, 1.807) is 12.0 Å². The maximum Gasteiger partial charge on any atom is 0.232 e. The lowest BCUT2D eigenvalue weighted by atomic mass is 10.1. The molecule has 0 spiro atoms. The summed E-state index contributed by atoms with van der Waals surface area (Å²) in [5.74, 6) is 1.55. The molecule has 0 bridgehead atoms. The van der Waals surface area contributed by atoms with Crippen LogP contribution in [0.15, 0.2) is 51.5 Å². The van der Waals surface area contributed by atoms with Crippen molar-refractivity contribution in [2.75, 3.05) is 18.6 Å². The predicted molar refractivity (Wildman–Crippen MR) is 105 cm³/mol. The highest BCUT2D eigenvalue weighted by molar-refractivity contribution is 9.10. The molecule has 0 N–H and O–H groups in total. The normalized spacial score (nSPS) is 16.8. The van der Waals surface area contributed by atoms with Gasteiger partial charge in [0.15, 0.2) is 0 Å². The van der Waals surface area contributed by atoms with Crippen LogP contribution >= 0.6 is 15.9 Å². The minimum Gasteiger partial charge on any atom is -0.495 e. The Kier molecular flexibility index (Phi) is 4.70. The van der Waals surface area contributed by atoms with E-state index >= 15 is 0 Å². The number of carbonyl (C=O) groups is 1. The van der Waals surface area contributed by atoms with Gasteiger partial charge in [-0.3, -0.25) is 4.79 Å². The maximum absolute atomic E-state index is 12.6. The average molecular weight is 428 g/mol. The fourth-order valence-corrected chi connectivity index (χ4v) is 3.66. The third-order valence-electron chi connectivity index (χ3n) is 4.62. The molecular formula is C20H18BrN3O3. The van der Waals surface area contributed by atoms with Crippen LogP contribution in [0, 0.1) is 6.92 Å². The standard InChI is InChI=1S/C20H18BrN3O3/c1-12-6-7-17(26-2)16(8-12)24-11-14(10-18(24)25)20-22-19(23-27-20)13-4-3-5-15(21)9-13/h3-9,14H,10-11H2,1-2H3. The van der Waals surface area contributed by atoms with E-state index < -0.39 is 0 Å². The molecule has 138 valence electrons. The van der Waals surface area contributed by atoms with Crippen molar-refractivity contribution in [1.82, 2.24) is 10.1 Å². The Balaban J connectivity index is 1.59. The van der Waals surface area contributed by atoms with Gasteiger partial charge in [-0.05, 0) is 36.8 Å². The largest absolute Gasteiger partial charge is 0.495 e. The molecular weight excluding hydrogens is 410 g/mol.